The van der Waals surface area contributed by atoms with Gasteiger partial charge in [-0.3, -0.25) is 0 Å². The van der Waals surface area contributed by atoms with Crippen LogP contribution in [0.15, 0.2) is 18.2 Å². The third kappa shape index (κ3) is 1.78. The van der Waals surface area contributed by atoms with Crippen LogP contribution in [0.3, 0.4) is 0 Å². The molecule has 3 nitrogen and oxygen atoms in total. The van der Waals surface area contributed by atoms with Crippen LogP contribution in [0.1, 0.15) is 26.3 Å². The van der Waals surface area contributed by atoms with E-state index in [2.05, 4.69) is 37.8 Å². The van der Waals surface area contributed by atoms with Crippen molar-refractivity contribution in [3.05, 3.63) is 23.8 Å². The smallest absolute Gasteiger partial charge is 0.119 e. The topological polar surface area (TPSA) is 32.7 Å². The van der Waals surface area contributed by atoms with E-state index in [9.17, 15) is 5.11 Å². The highest BCUT2D eigenvalue weighted by Gasteiger charge is 2.41. The van der Waals surface area contributed by atoms with Gasteiger partial charge in [0.15, 0.2) is 0 Å². The van der Waals surface area contributed by atoms with E-state index in [1.54, 1.807) is 7.11 Å². The summed E-state index contributed by atoms with van der Waals surface area (Å²) in [6.45, 7) is 7.57. The number of rotatable bonds is 3. The molecule has 1 aromatic carbocycles. The molecule has 2 rings (SSSR count). The van der Waals surface area contributed by atoms with Crippen molar-refractivity contribution in [2.24, 2.45) is 0 Å². The molecule has 0 amide bonds. The Morgan fingerprint density at radius 3 is 2.71 bits per heavy atom. The first-order valence-corrected chi connectivity index (χ1v) is 6.08. The van der Waals surface area contributed by atoms with E-state index in [4.69, 9.17) is 4.74 Å². The fraction of sp³-hybridized carbons (Fsp3) is 0.571. The third-order valence-electron chi connectivity index (χ3n) is 4.06. The van der Waals surface area contributed by atoms with Gasteiger partial charge in [0.25, 0.3) is 0 Å². The number of fused-ring (bicyclic) bond motifs is 1. The number of ether oxygens (including phenoxy) is 1. The molecule has 0 bridgehead atoms. The van der Waals surface area contributed by atoms with Crippen LogP contribution >= 0.6 is 0 Å². The van der Waals surface area contributed by atoms with Gasteiger partial charge in [0.05, 0.1) is 13.7 Å². The molecule has 3 heteroatoms. The van der Waals surface area contributed by atoms with Crippen molar-refractivity contribution in [3.63, 3.8) is 0 Å². The summed E-state index contributed by atoms with van der Waals surface area (Å²) < 4.78 is 5.30. The van der Waals surface area contributed by atoms with Crippen LogP contribution in [0.4, 0.5) is 5.69 Å². The highest BCUT2D eigenvalue weighted by Crippen LogP contribution is 2.46. The van der Waals surface area contributed by atoms with Crippen molar-refractivity contribution < 1.29 is 9.84 Å². The second kappa shape index (κ2) is 4.22. The standard InChI is InChI=1S/C14H21NO2/c1-10-14(2,3)12-9-11(17-4)5-6-13(12)15(10)7-8-16/h5-6,9-10,16H,7-8H2,1-4H3. The SMILES string of the molecule is COc1ccc2c(c1)C(C)(C)C(C)N2CCO. The molecule has 1 aliphatic heterocycles. The minimum absolute atomic E-state index is 0.0824. The summed E-state index contributed by atoms with van der Waals surface area (Å²) in [5.74, 6) is 0.898. The molecule has 1 aromatic rings. The molecule has 0 radical (unpaired) electrons. The molecule has 1 heterocycles. The lowest BCUT2D eigenvalue weighted by Gasteiger charge is -2.31. The zero-order valence-electron chi connectivity index (χ0n) is 11.0. The molecule has 0 aliphatic carbocycles. The predicted molar refractivity (Wildman–Crippen MR) is 69.9 cm³/mol. The number of anilines is 1. The quantitative estimate of drug-likeness (QED) is 0.871. The molecule has 17 heavy (non-hydrogen) atoms. The number of β-amino-alcohol motifs (C(OH)–C–C–N with tert-alkyl or cyclic N) is 1. The first-order valence-electron chi connectivity index (χ1n) is 6.08. The van der Waals surface area contributed by atoms with Crippen molar-refractivity contribution >= 4 is 5.69 Å². The molecule has 94 valence electrons. The molecule has 1 N–H and O–H groups in total. The molecule has 0 fully saturated rings. The first kappa shape index (κ1) is 12.2. The van der Waals surface area contributed by atoms with E-state index in [1.165, 1.54) is 11.3 Å². The monoisotopic (exact) mass is 235 g/mol. The Morgan fingerprint density at radius 1 is 1.41 bits per heavy atom. The highest BCUT2D eigenvalue weighted by atomic mass is 16.5. The van der Waals surface area contributed by atoms with Gasteiger partial charge in [-0.05, 0) is 30.7 Å². The Bertz CT molecular complexity index is 415. The average molecular weight is 235 g/mol. The van der Waals surface area contributed by atoms with Gasteiger partial charge in [0, 0.05) is 23.7 Å². The molecule has 0 saturated carbocycles. The third-order valence-corrected chi connectivity index (χ3v) is 4.06. The summed E-state index contributed by atoms with van der Waals surface area (Å²) in [5.41, 5.74) is 2.61. The Morgan fingerprint density at radius 2 is 2.12 bits per heavy atom. The normalized spacial score (nSPS) is 21.5. The van der Waals surface area contributed by atoms with Crippen LogP contribution in [0, 0.1) is 0 Å². The second-order valence-electron chi connectivity index (χ2n) is 5.20. The van der Waals surface area contributed by atoms with Gasteiger partial charge in [-0.15, -0.1) is 0 Å². The molecular formula is C14H21NO2. The maximum atomic E-state index is 9.17. The zero-order valence-corrected chi connectivity index (χ0v) is 11.0. The number of hydrogen-bond acceptors (Lipinski definition) is 3. The van der Waals surface area contributed by atoms with Gasteiger partial charge < -0.3 is 14.7 Å². The number of methoxy groups -OCH3 is 1. The highest BCUT2D eigenvalue weighted by molar-refractivity contribution is 5.65. The number of hydrogen-bond donors (Lipinski definition) is 1. The van der Waals surface area contributed by atoms with Crippen LogP contribution in [0.2, 0.25) is 0 Å². The van der Waals surface area contributed by atoms with E-state index < -0.39 is 0 Å². The molecule has 1 atom stereocenters. The largest absolute Gasteiger partial charge is 0.497 e. The second-order valence-corrected chi connectivity index (χ2v) is 5.20. The van der Waals surface area contributed by atoms with Gasteiger partial charge in [-0.1, -0.05) is 13.8 Å². The van der Waals surface area contributed by atoms with E-state index in [-0.39, 0.29) is 12.0 Å². The van der Waals surface area contributed by atoms with Crippen LogP contribution in [0.5, 0.6) is 5.75 Å². The fourth-order valence-electron chi connectivity index (χ4n) is 2.65. The van der Waals surface area contributed by atoms with Crippen molar-refractivity contribution in [1.29, 1.82) is 0 Å². The van der Waals surface area contributed by atoms with Crippen molar-refractivity contribution in [2.75, 3.05) is 25.2 Å². The van der Waals surface area contributed by atoms with E-state index in [0.717, 1.165) is 5.75 Å². The van der Waals surface area contributed by atoms with Crippen molar-refractivity contribution in [2.45, 2.75) is 32.2 Å². The summed E-state index contributed by atoms with van der Waals surface area (Å²) in [5, 5.41) is 9.17. The average Bonchev–Trinajstić information content (AvgIpc) is 2.51. The van der Waals surface area contributed by atoms with Gasteiger partial charge in [-0.2, -0.15) is 0 Å². The predicted octanol–water partition coefficient (Wildman–Crippen LogP) is 2.17. The van der Waals surface area contributed by atoms with Crippen LogP contribution in [-0.4, -0.2) is 31.4 Å². The number of benzene rings is 1. The van der Waals surface area contributed by atoms with E-state index in [1.807, 2.05) is 6.07 Å². The lowest BCUT2D eigenvalue weighted by molar-refractivity contribution is 0.293. The Balaban J connectivity index is 2.49. The fourth-order valence-corrected chi connectivity index (χ4v) is 2.65. The summed E-state index contributed by atoms with van der Waals surface area (Å²) in [6, 6.07) is 6.58. The van der Waals surface area contributed by atoms with E-state index in [0.29, 0.717) is 12.6 Å². The van der Waals surface area contributed by atoms with Gasteiger partial charge in [-0.25, -0.2) is 0 Å². The lowest BCUT2D eigenvalue weighted by atomic mass is 9.81. The zero-order chi connectivity index (χ0) is 12.6. The molecule has 1 aliphatic rings. The maximum Gasteiger partial charge on any atom is 0.119 e. The lowest BCUT2D eigenvalue weighted by Crippen LogP contribution is -2.40. The molecule has 0 saturated heterocycles. The van der Waals surface area contributed by atoms with Crippen molar-refractivity contribution in [3.8, 4) is 5.75 Å². The molecular weight excluding hydrogens is 214 g/mol. The van der Waals surface area contributed by atoms with Crippen LogP contribution < -0.4 is 9.64 Å². The first-order chi connectivity index (χ1) is 8.02. The van der Waals surface area contributed by atoms with Crippen molar-refractivity contribution in [1.82, 2.24) is 0 Å². The number of aliphatic hydroxyl groups excluding tert-OH is 1. The van der Waals surface area contributed by atoms with Crippen LogP contribution in [0.25, 0.3) is 0 Å². The van der Waals surface area contributed by atoms with Crippen LogP contribution in [-0.2, 0) is 5.41 Å². The number of aliphatic hydroxyl groups is 1. The summed E-state index contributed by atoms with van der Waals surface area (Å²) in [6.07, 6.45) is 0. The minimum atomic E-state index is 0.0824. The Hall–Kier alpha value is -1.22. The molecule has 0 aromatic heterocycles. The minimum Gasteiger partial charge on any atom is -0.497 e. The van der Waals surface area contributed by atoms with Gasteiger partial charge in [0.2, 0.25) is 0 Å². The number of nitrogens with zero attached hydrogens (tertiary/aromatic N) is 1. The van der Waals surface area contributed by atoms with Gasteiger partial charge in [0.1, 0.15) is 5.75 Å². The van der Waals surface area contributed by atoms with Gasteiger partial charge >= 0.3 is 0 Å². The Labute approximate surface area is 103 Å². The summed E-state index contributed by atoms with van der Waals surface area (Å²) >= 11 is 0. The Kier molecular flexibility index (Phi) is 3.04. The van der Waals surface area contributed by atoms with E-state index >= 15 is 0 Å². The molecule has 0 spiro atoms. The molecule has 1 unspecified atom stereocenters. The summed E-state index contributed by atoms with van der Waals surface area (Å²) in [4.78, 5) is 2.27. The maximum absolute atomic E-state index is 9.17. The summed E-state index contributed by atoms with van der Waals surface area (Å²) in [7, 11) is 1.69.